The third-order valence-corrected chi connectivity index (χ3v) is 4.16. The van der Waals surface area contributed by atoms with Crippen LogP contribution in [0.5, 0.6) is 0 Å². The average molecular weight is 325 g/mol. The minimum absolute atomic E-state index is 0.106. The smallest absolute Gasteiger partial charge is 0.339 e. The van der Waals surface area contributed by atoms with Gasteiger partial charge in [-0.2, -0.15) is 18.3 Å². The predicted molar refractivity (Wildman–Crippen MR) is 79.2 cm³/mol. The summed E-state index contributed by atoms with van der Waals surface area (Å²) in [5.41, 5.74) is 1.08. The van der Waals surface area contributed by atoms with Crippen molar-refractivity contribution in [2.45, 2.75) is 38.9 Å². The summed E-state index contributed by atoms with van der Waals surface area (Å²) in [5.74, 6) is 0.626. The van der Waals surface area contributed by atoms with Gasteiger partial charge in [0.1, 0.15) is 0 Å². The van der Waals surface area contributed by atoms with Crippen LogP contribution in [0.2, 0.25) is 0 Å². The number of aryl methyl sites for hydroxylation is 2. The van der Waals surface area contributed by atoms with E-state index >= 15 is 0 Å². The molecule has 23 heavy (non-hydrogen) atoms. The van der Waals surface area contributed by atoms with Gasteiger partial charge in [-0.1, -0.05) is 0 Å². The molecule has 2 aromatic heterocycles. The van der Waals surface area contributed by atoms with E-state index in [9.17, 15) is 13.2 Å². The standard InChI is InChI=1S/C15H18F3N5/c1-10-8-19-14(20-11(10)2)22-6-3-4-12(9-22)23-7-5-13(21-23)15(16,17)18/h5,7-8,12H,3-4,6,9H2,1-2H3/t12-/m1/s1. The van der Waals surface area contributed by atoms with Crippen LogP contribution in [0.4, 0.5) is 19.1 Å². The van der Waals surface area contributed by atoms with Crippen LogP contribution in [0.15, 0.2) is 18.5 Å². The van der Waals surface area contributed by atoms with Crippen LogP contribution in [0.3, 0.4) is 0 Å². The maximum absolute atomic E-state index is 12.7. The van der Waals surface area contributed by atoms with Gasteiger partial charge in [-0.3, -0.25) is 4.68 Å². The SMILES string of the molecule is Cc1cnc(N2CCC[C@@H](n3ccc(C(F)(F)F)n3)C2)nc1C. The van der Waals surface area contributed by atoms with Crippen molar-refractivity contribution in [3.05, 3.63) is 35.4 Å². The molecular formula is C15H18F3N5. The van der Waals surface area contributed by atoms with Gasteiger partial charge in [-0.25, -0.2) is 9.97 Å². The number of halogens is 3. The Labute approximate surface area is 132 Å². The van der Waals surface area contributed by atoms with Gasteiger partial charge in [-0.05, 0) is 38.3 Å². The molecule has 0 unspecified atom stereocenters. The van der Waals surface area contributed by atoms with E-state index in [1.165, 1.54) is 10.9 Å². The fourth-order valence-electron chi connectivity index (χ4n) is 2.71. The van der Waals surface area contributed by atoms with Crippen LogP contribution >= 0.6 is 0 Å². The van der Waals surface area contributed by atoms with E-state index in [0.717, 1.165) is 36.7 Å². The van der Waals surface area contributed by atoms with Crippen molar-refractivity contribution in [3.63, 3.8) is 0 Å². The molecule has 124 valence electrons. The number of piperidine rings is 1. The summed E-state index contributed by atoms with van der Waals surface area (Å²) < 4.78 is 39.5. The molecule has 0 saturated carbocycles. The maximum atomic E-state index is 12.7. The molecule has 1 atom stereocenters. The minimum Gasteiger partial charge on any atom is -0.339 e. The van der Waals surface area contributed by atoms with E-state index in [-0.39, 0.29) is 6.04 Å². The van der Waals surface area contributed by atoms with E-state index in [2.05, 4.69) is 15.1 Å². The first-order chi connectivity index (χ1) is 10.8. The summed E-state index contributed by atoms with van der Waals surface area (Å²) in [7, 11) is 0. The lowest BCUT2D eigenvalue weighted by Gasteiger charge is -2.33. The Morgan fingerprint density at radius 2 is 2.04 bits per heavy atom. The van der Waals surface area contributed by atoms with Gasteiger partial charge in [-0.15, -0.1) is 0 Å². The Morgan fingerprint density at radius 1 is 1.26 bits per heavy atom. The van der Waals surface area contributed by atoms with Crippen molar-refractivity contribution >= 4 is 5.95 Å². The fourth-order valence-corrected chi connectivity index (χ4v) is 2.71. The second-order valence-corrected chi connectivity index (χ2v) is 5.86. The van der Waals surface area contributed by atoms with E-state index in [4.69, 9.17) is 0 Å². The zero-order valence-corrected chi connectivity index (χ0v) is 13.0. The predicted octanol–water partition coefficient (Wildman–Crippen LogP) is 3.15. The highest BCUT2D eigenvalue weighted by molar-refractivity contribution is 5.33. The molecule has 1 aliphatic heterocycles. The van der Waals surface area contributed by atoms with Gasteiger partial charge >= 0.3 is 6.18 Å². The normalized spacial score (nSPS) is 19.2. The number of hydrogen-bond donors (Lipinski definition) is 0. The van der Waals surface area contributed by atoms with Crippen molar-refractivity contribution < 1.29 is 13.2 Å². The Kier molecular flexibility index (Phi) is 3.99. The Bertz CT molecular complexity index is 695. The Hall–Kier alpha value is -2.12. The molecule has 0 aromatic carbocycles. The summed E-state index contributed by atoms with van der Waals surface area (Å²) in [5, 5.41) is 3.69. The molecule has 8 heteroatoms. The van der Waals surface area contributed by atoms with E-state index in [0.29, 0.717) is 12.5 Å². The molecule has 2 aromatic rings. The molecule has 1 fully saturated rings. The van der Waals surface area contributed by atoms with Crippen LogP contribution < -0.4 is 4.90 Å². The zero-order valence-electron chi connectivity index (χ0n) is 13.0. The Balaban J connectivity index is 1.78. The number of alkyl halides is 3. The van der Waals surface area contributed by atoms with Crippen LogP contribution in [0.25, 0.3) is 0 Å². The fraction of sp³-hybridized carbons (Fsp3) is 0.533. The number of rotatable bonds is 2. The third kappa shape index (κ3) is 3.30. The second-order valence-electron chi connectivity index (χ2n) is 5.86. The monoisotopic (exact) mass is 325 g/mol. The largest absolute Gasteiger partial charge is 0.435 e. The molecular weight excluding hydrogens is 307 g/mol. The Morgan fingerprint density at radius 3 is 2.70 bits per heavy atom. The van der Waals surface area contributed by atoms with Gasteiger partial charge < -0.3 is 4.90 Å². The molecule has 0 N–H and O–H groups in total. The maximum Gasteiger partial charge on any atom is 0.435 e. The highest BCUT2D eigenvalue weighted by Gasteiger charge is 2.34. The molecule has 3 rings (SSSR count). The first-order valence-corrected chi connectivity index (χ1v) is 7.52. The second kappa shape index (κ2) is 5.82. The molecule has 0 aliphatic carbocycles. The van der Waals surface area contributed by atoms with Crippen molar-refractivity contribution in [1.29, 1.82) is 0 Å². The molecule has 1 aliphatic rings. The number of hydrogen-bond acceptors (Lipinski definition) is 4. The lowest BCUT2D eigenvalue weighted by Crippen LogP contribution is -2.38. The number of nitrogens with zero attached hydrogens (tertiary/aromatic N) is 5. The summed E-state index contributed by atoms with van der Waals surface area (Å²) in [6.07, 6.45) is 0.425. The van der Waals surface area contributed by atoms with E-state index in [1.807, 2.05) is 18.7 Å². The number of aromatic nitrogens is 4. The van der Waals surface area contributed by atoms with E-state index in [1.54, 1.807) is 6.20 Å². The summed E-state index contributed by atoms with van der Waals surface area (Å²) in [6, 6.07) is 0.913. The highest BCUT2D eigenvalue weighted by atomic mass is 19.4. The molecule has 0 spiro atoms. The average Bonchev–Trinajstić information content (AvgIpc) is 3.00. The topological polar surface area (TPSA) is 46.8 Å². The molecule has 0 radical (unpaired) electrons. The lowest BCUT2D eigenvalue weighted by atomic mass is 10.1. The highest BCUT2D eigenvalue weighted by Crippen LogP contribution is 2.29. The molecule has 1 saturated heterocycles. The van der Waals surface area contributed by atoms with Crippen molar-refractivity contribution in [2.75, 3.05) is 18.0 Å². The molecule has 0 amide bonds. The zero-order chi connectivity index (χ0) is 16.6. The first kappa shape index (κ1) is 15.8. The lowest BCUT2D eigenvalue weighted by molar-refractivity contribution is -0.141. The number of anilines is 1. The van der Waals surface area contributed by atoms with Crippen molar-refractivity contribution in [3.8, 4) is 0 Å². The van der Waals surface area contributed by atoms with Crippen LogP contribution in [-0.4, -0.2) is 32.8 Å². The van der Waals surface area contributed by atoms with Gasteiger partial charge in [0.05, 0.1) is 6.04 Å². The van der Waals surface area contributed by atoms with Crippen LogP contribution in [-0.2, 0) is 6.18 Å². The molecule has 5 nitrogen and oxygen atoms in total. The minimum atomic E-state index is -4.41. The van der Waals surface area contributed by atoms with Gasteiger partial charge in [0.2, 0.25) is 5.95 Å². The molecule has 0 bridgehead atoms. The van der Waals surface area contributed by atoms with Crippen molar-refractivity contribution in [1.82, 2.24) is 19.7 Å². The van der Waals surface area contributed by atoms with Gasteiger partial charge in [0.25, 0.3) is 0 Å². The van der Waals surface area contributed by atoms with Crippen LogP contribution in [0.1, 0.15) is 35.8 Å². The van der Waals surface area contributed by atoms with Crippen LogP contribution in [0, 0.1) is 13.8 Å². The van der Waals surface area contributed by atoms with Gasteiger partial charge in [0.15, 0.2) is 5.69 Å². The quantitative estimate of drug-likeness (QED) is 0.851. The van der Waals surface area contributed by atoms with Crippen molar-refractivity contribution in [2.24, 2.45) is 0 Å². The van der Waals surface area contributed by atoms with E-state index < -0.39 is 11.9 Å². The molecule has 3 heterocycles. The summed E-state index contributed by atoms with van der Waals surface area (Å²) in [6.45, 7) is 5.22. The van der Waals surface area contributed by atoms with Gasteiger partial charge in [0, 0.05) is 31.2 Å². The first-order valence-electron chi connectivity index (χ1n) is 7.52. The third-order valence-electron chi connectivity index (χ3n) is 4.16. The summed E-state index contributed by atoms with van der Waals surface area (Å²) >= 11 is 0. The summed E-state index contributed by atoms with van der Waals surface area (Å²) in [4.78, 5) is 10.8.